The van der Waals surface area contributed by atoms with Gasteiger partial charge in [-0.3, -0.25) is 9.89 Å². The number of anilines is 1. The van der Waals surface area contributed by atoms with Gasteiger partial charge in [0.05, 0.1) is 6.54 Å². The van der Waals surface area contributed by atoms with E-state index in [4.69, 9.17) is 4.99 Å². The summed E-state index contributed by atoms with van der Waals surface area (Å²) in [6, 6.07) is 9.50. The van der Waals surface area contributed by atoms with Crippen molar-refractivity contribution in [3.05, 3.63) is 28.7 Å². The van der Waals surface area contributed by atoms with E-state index in [2.05, 4.69) is 86.5 Å². The Morgan fingerprint density at radius 1 is 1.15 bits per heavy atom. The predicted octanol–water partition coefficient (Wildman–Crippen LogP) is 1.83. The van der Waals surface area contributed by atoms with E-state index in [0.29, 0.717) is 12.1 Å². The zero-order valence-corrected chi connectivity index (χ0v) is 18.4. The van der Waals surface area contributed by atoms with Gasteiger partial charge in [0.1, 0.15) is 0 Å². The molecule has 2 unspecified atom stereocenters. The number of nitrogens with one attached hydrogen (secondary N) is 2. The van der Waals surface area contributed by atoms with Crippen LogP contribution in [0.3, 0.4) is 0 Å². The topological polar surface area (TPSA) is 46.1 Å². The molecule has 0 spiro atoms. The smallest absolute Gasteiger partial charge is 0.191 e. The summed E-state index contributed by atoms with van der Waals surface area (Å²) in [6.45, 7) is 9.27. The zero-order valence-electron chi connectivity index (χ0n) is 16.8. The van der Waals surface area contributed by atoms with Crippen LogP contribution in [0.2, 0.25) is 0 Å². The Morgan fingerprint density at radius 2 is 1.93 bits per heavy atom. The average molecular weight is 437 g/mol. The second-order valence-corrected chi connectivity index (χ2v) is 8.58. The van der Waals surface area contributed by atoms with Gasteiger partial charge in [0.2, 0.25) is 0 Å². The van der Waals surface area contributed by atoms with Gasteiger partial charge in [-0.25, -0.2) is 0 Å². The summed E-state index contributed by atoms with van der Waals surface area (Å²) in [5.41, 5.74) is 1.29. The van der Waals surface area contributed by atoms with Gasteiger partial charge < -0.3 is 20.4 Å². The molecule has 2 fully saturated rings. The third-order valence-corrected chi connectivity index (χ3v) is 6.03. The van der Waals surface area contributed by atoms with Crippen molar-refractivity contribution >= 4 is 27.6 Å². The third-order valence-electron chi connectivity index (χ3n) is 5.51. The molecule has 0 aromatic heterocycles. The van der Waals surface area contributed by atoms with Crippen LogP contribution in [-0.4, -0.2) is 87.8 Å². The first-order chi connectivity index (χ1) is 13.0. The number of halogens is 1. The number of benzene rings is 1. The molecular formula is C20H33BrN6. The summed E-state index contributed by atoms with van der Waals surface area (Å²) < 4.78 is 1.13. The van der Waals surface area contributed by atoms with Crippen LogP contribution < -0.4 is 15.5 Å². The summed E-state index contributed by atoms with van der Waals surface area (Å²) in [6.07, 6.45) is 1.13. The Morgan fingerprint density at radius 3 is 2.67 bits per heavy atom. The molecule has 2 aliphatic rings. The second-order valence-electron chi connectivity index (χ2n) is 7.67. The van der Waals surface area contributed by atoms with E-state index < -0.39 is 0 Å². The van der Waals surface area contributed by atoms with Crippen LogP contribution in [0.5, 0.6) is 0 Å². The highest BCUT2D eigenvalue weighted by Crippen LogP contribution is 2.22. The average Bonchev–Trinajstić information content (AvgIpc) is 3.11. The van der Waals surface area contributed by atoms with Crippen LogP contribution in [0.25, 0.3) is 0 Å². The lowest BCUT2D eigenvalue weighted by molar-refractivity contribution is 0.119. The van der Waals surface area contributed by atoms with Crippen molar-refractivity contribution in [2.24, 2.45) is 4.99 Å². The first-order valence-corrected chi connectivity index (χ1v) is 10.8. The normalized spacial score (nSPS) is 25.0. The summed E-state index contributed by atoms with van der Waals surface area (Å²) >= 11 is 3.51. The Balaban J connectivity index is 1.55. The molecule has 27 heavy (non-hydrogen) atoms. The van der Waals surface area contributed by atoms with Crippen LogP contribution in [0, 0.1) is 0 Å². The minimum atomic E-state index is 0.429. The highest BCUT2D eigenvalue weighted by molar-refractivity contribution is 9.10. The fraction of sp³-hybridized carbons (Fsp3) is 0.650. The van der Waals surface area contributed by atoms with Gasteiger partial charge in [0, 0.05) is 61.5 Å². The molecule has 0 bridgehead atoms. The molecule has 6 nitrogen and oxygen atoms in total. The minimum Gasteiger partial charge on any atom is -0.369 e. The number of hydrogen-bond acceptors (Lipinski definition) is 4. The van der Waals surface area contributed by atoms with Gasteiger partial charge in [-0.1, -0.05) is 15.9 Å². The third kappa shape index (κ3) is 5.83. The van der Waals surface area contributed by atoms with E-state index in [9.17, 15) is 0 Å². The number of nitrogens with zero attached hydrogens (tertiary/aromatic N) is 4. The van der Waals surface area contributed by atoms with Crippen LogP contribution in [0.1, 0.15) is 13.3 Å². The maximum atomic E-state index is 4.90. The zero-order chi connectivity index (χ0) is 19.2. The number of aliphatic imine (C=N–C) groups is 1. The summed E-state index contributed by atoms with van der Waals surface area (Å²) in [4.78, 5) is 12.2. The number of guanidine groups is 1. The van der Waals surface area contributed by atoms with E-state index >= 15 is 0 Å². The van der Waals surface area contributed by atoms with Crippen molar-refractivity contribution in [1.82, 2.24) is 20.4 Å². The van der Waals surface area contributed by atoms with Crippen molar-refractivity contribution in [2.75, 3.05) is 64.8 Å². The van der Waals surface area contributed by atoms with E-state index in [1.165, 1.54) is 5.69 Å². The second kappa shape index (κ2) is 9.75. The Bertz CT molecular complexity index is 619. The molecule has 3 rings (SSSR count). The van der Waals surface area contributed by atoms with Gasteiger partial charge in [-0.05, 0) is 51.7 Å². The number of rotatable bonds is 5. The summed E-state index contributed by atoms with van der Waals surface area (Å²) in [5, 5.41) is 7.07. The number of hydrogen-bond donors (Lipinski definition) is 2. The van der Waals surface area contributed by atoms with Gasteiger partial charge in [0.15, 0.2) is 5.96 Å². The van der Waals surface area contributed by atoms with Crippen molar-refractivity contribution in [3.63, 3.8) is 0 Å². The molecular weight excluding hydrogens is 404 g/mol. The molecule has 0 amide bonds. The molecule has 2 aliphatic heterocycles. The lowest BCUT2D eigenvalue weighted by Crippen LogP contribution is -2.52. The molecule has 150 valence electrons. The first kappa shape index (κ1) is 20.4. The van der Waals surface area contributed by atoms with Gasteiger partial charge in [-0.15, -0.1) is 0 Å². The molecule has 2 atom stereocenters. The number of piperazine rings is 1. The maximum Gasteiger partial charge on any atom is 0.191 e. The highest BCUT2D eigenvalue weighted by atomic mass is 79.9. The molecule has 2 saturated heterocycles. The van der Waals surface area contributed by atoms with Crippen molar-refractivity contribution in [2.45, 2.75) is 25.4 Å². The summed E-state index contributed by atoms with van der Waals surface area (Å²) in [5.74, 6) is 0.946. The molecule has 1 aromatic carbocycles. The summed E-state index contributed by atoms with van der Waals surface area (Å²) in [7, 11) is 4.41. The van der Waals surface area contributed by atoms with E-state index in [0.717, 1.165) is 62.7 Å². The Kier molecular flexibility index (Phi) is 7.38. The SMILES string of the molecule is CCNC(=NCC1CN(C)CCN1C)NC1CCN(c2ccc(Br)cc2)C1. The lowest BCUT2D eigenvalue weighted by atomic mass is 10.2. The largest absolute Gasteiger partial charge is 0.369 e. The fourth-order valence-corrected chi connectivity index (χ4v) is 4.04. The standard InChI is InChI=1S/C20H33BrN6/c1-4-22-20(23-13-19-15-25(2)11-12-26(19)3)24-17-9-10-27(14-17)18-7-5-16(21)6-8-18/h5-8,17,19H,4,9-15H2,1-3H3,(H2,22,23,24). The van der Waals surface area contributed by atoms with Gasteiger partial charge in [-0.2, -0.15) is 0 Å². The van der Waals surface area contributed by atoms with Crippen molar-refractivity contribution in [3.8, 4) is 0 Å². The molecule has 0 saturated carbocycles. The molecule has 2 N–H and O–H groups in total. The predicted molar refractivity (Wildman–Crippen MR) is 118 cm³/mol. The van der Waals surface area contributed by atoms with Crippen LogP contribution in [0.4, 0.5) is 5.69 Å². The van der Waals surface area contributed by atoms with Crippen LogP contribution in [-0.2, 0) is 0 Å². The number of likely N-dealkylation sites (N-methyl/N-ethyl adjacent to an activating group) is 2. The van der Waals surface area contributed by atoms with Crippen molar-refractivity contribution < 1.29 is 0 Å². The van der Waals surface area contributed by atoms with Gasteiger partial charge >= 0.3 is 0 Å². The van der Waals surface area contributed by atoms with Crippen LogP contribution in [0.15, 0.2) is 33.7 Å². The Labute approximate surface area is 172 Å². The molecule has 1 aromatic rings. The highest BCUT2D eigenvalue weighted by Gasteiger charge is 2.25. The Hall–Kier alpha value is -1.31. The van der Waals surface area contributed by atoms with Crippen LogP contribution >= 0.6 is 15.9 Å². The molecule has 2 heterocycles. The van der Waals surface area contributed by atoms with E-state index in [1.807, 2.05) is 0 Å². The maximum absolute atomic E-state index is 4.90. The molecule has 0 radical (unpaired) electrons. The minimum absolute atomic E-state index is 0.429. The molecule has 7 heteroatoms. The van der Waals surface area contributed by atoms with E-state index in [-0.39, 0.29) is 0 Å². The fourth-order valence-electron chi connectivity index (χ4n) is 3.77. The van der Waals surface area contributed by atoms with Gasteiger partial charge in [0.25, 0.3) is 0 Å². The first-order valence-electron chi connectivity index (χ1n) is 9.99. The monoisotopic (exact) mass is 436 g/mol. The van der Waals surface area contributed by atoms with Crippen molar-refractivity contribution in [1.29, 1.82) is 0 Å². The van der Waals surface area contributed by atoms with E-state index in [1.54, 1.807) is 0 Å². The molecule has 0 aliphatic carbocycles. The lowest BCUT2D eigenvalue weighted by Gasteiger charge is -2.37. The quantitative estimate of drug-likeness (QED) is 0.544.